The maximum atomic E-state index is 8.64. The van der Waals surface area contributed by atoms with Gasteiger partial charge in [-0.15, -0.1) is 0 Å². The molecule has 0 saturated heterocycles. The van der Waals surface area contributed by atoms with Crippen LogP contribution in [0.3, 0.4) is 0 Å². The summed E-state index contributed by atoms with van der Waals surface area (Å²) in [5, 5.41) is 0. The second-order valence-corrected chi connectivity index (χ2v) is 22.0. The third-order valence-corrected chi connectivity index (χ3v) is 11.3. The van der Waals surface area contributed by atoms with E-state index in [1.54, 1.807) is 19.6 Å². The molecule has 0 aliphatic heterocycles. The molecule has 5 N–H and O–H groups in total. The lowest BCUT2D eigenvalue weighted by molar-refractivity contribution is 0.351. The van der Waals surface area contributed by atoms with Crippen molar-refractivity contribution >= 4 is 32.2 Å². The number of hydrogen-bond acceptors (Lipinski definition) is 6. The van der Waals surface area contributed by atoms with Gasteiger partial charge >= 0.3 is 23.8 Å². The van der Waals surface area contributed by atoms with Crippen LogP contribution in [0.1, 0.15) is 0 Å². The SMILES string of the molecule is C[Si](C)(C)OP(O)O.C[Si](C)(C)[P+](O)(O)O. The van der Waals surface area contributed by atoms with Crippen LogP contribution in [0.25, 0.3) is 0 Å². The monoisotopic (exact) mass is 309 g/mol. The van der Waals surface area contributed by atoms with Crippen LogP contribution in [0, 0.1) is 0 Å². The van der Waals surface area contributed by atoms with Crippen molar-refractivity contribution in [3.8, 4) is 0 Å². The standard InChI is InChI=1S/C3H12O3PSi.C3H11O3PSi/c1-8(2,3)7(4,5)6;1-8(2,3)6-7(4)5/h4-6H,1-3H3;4-5H,1-3H3/q+1;. The summed E-state index contributed by atoms with van der Waals surface area (Å²) >= 11 is 0. The van der Waals surface area contributed by atoms with Gasteiger partial charge in [0.15, 0.2) is 8.32 Å². The summed E-state index contributed by atoms with van der Waals surface area (Å²) < 4.78 is 4.75. The molecule has 0 aliphatic rings. The van der Waals surface area contributed by atoms with E-state index in [1.807, 2.05) is 19.6 Å². The normalized spacial score (nSPS) is 13.5. The van der Waals surface area contributed by atoms with Gasteiger partial charge in [-0.1, -0.05) is 0 Å². The Balaban J connectivity index is 0. The third kappa shape index (κ3) is 13.1. The second-order valence-electron chi connectivity index (χ2n) is 5.20. The van der Waals surface area contributed by atoms with E-state index >= 15 is 0 Å². The second kappa shape index (κ2) is 6.85. The molecule has 0 radical (unpaired) electrons. The topological polar surface area (TPSA) is 110 Å². The molecule has 0 bridgehead atoms. The first-order valence-corrected chi connectivity index (χ1v) is 15.2. The van der Waals surface area contributed by atoms with E-state index in [4.69, 9.17) is 28.7 Å². The fourth-order valence-corrected chi connectivity index (χ4v) is 2.20. The van der Waals surface area contributed by atoms with Gasteiger partial charge in [0.05, 0.1) is 0 Å². The minimum atomic E-state index is -3.46. The lowest BCUT2D eigenvalue weighted by atomic mass is 11.8. The molecule has 0 rings (SSSR count). The van der Waals surface area contributed by atoms with E-state index in [2.05, 4.69) is 0 Å². The summed E-state index contributed by atoms with van der Waals surface area (Å²) in [7, 11) is -9.36. The Bertz CT molecular complexity index is 183. The molecular formula is C6H23O6P2Si2+. The van der Waals surface area contributed by atoms with Crippen molar-refractivity contribution in [1.82, 2.24) is 0 Å². The molecule has 0 spiro atoms. The largest absolute Gasteiger partial charge is 0.355 e. The minimum Gasteiger partial charge on any atom is -0.355 e. The van der Waals surface area contributed by atoms with E-state index in [9.17, 15) is 0 Å². The van der Waals surface area contributed by atoms with Crippen molar-refractivity contribution in [3.63, 3.8) is 0 Å². The predicted molar refractivity (Wildman–Crippen MR) is 72.7 cm³/mol. The van der Waals surface area contributed by atoms with Gasteiger partial charge in [-0.05, 0) is 39.3 Å². The summed E-state index contributed by atoms with van der Waals surface area (Å²) in [6, 6.07) is 0. The van der Waals surface area contributed by atoms with Crippen LogP contribution in [-0.2, 0) is 4.21 Å². The first-order chi connectivity index (χ1) is 6.67. The Labute approximate surface area is 100 Å². The van der Waals surface area contributed by atoms with Crippen molar-refractivity contribution in [2.75, 3.05) is 0 Å². The predicted octanol–water partition coefficient (Wildman–Crippen LogP) is 1.61. The molecule has 0 aliphatic carbocycles. The highest BCUT2D eigenvalue weighted by atomic mass is 31.5. The van der Waals surface area contributed by atoms with Crippen molar-refractivity contribution < 1.29 is 28.7 Å². The summed E-state index contributed by atoms with van der Waals surface area (Å²) in [5.74, 6) is 0. The van der Waals surface area contributed by atoms with Gasteiger partial charge in [0.25, 0.3) is 0 Å². The van der Waals surface area contributed by atoms with Gasteiger partial charge in [-0.3, -0.25) is 0 Å². The van der Waals surface area contributed by atoms with Crippen molar-refractivity contribution in [2.24, 2.45) is 0 Å². The maximum absolute atomic E-state index is 8.64. The number of rotatable bonds is 3. The molecule has 0 fully saturated rings. The summed E-state index contributed by atoms with van der Waals surface area (Å²) in [6.07, 6.45) is 0. The van der Waals surface area contributed by atoms with E-state index in [-0.39, 0.29) is 0 Å². The zero-order valence-electron chi connectivity index (χ0n) is 10.5. The van der Waals surface area contributed by atoms with Crippen LogP contribution in [0.5, 0.6) is 0 Å². The zero-order chi connectivity index (χ0) is 13.8. The maximum Gasteiger partial charge on any atom is 0.345 e. The molecule has 0 heterocycles. The molecule has 10 heteroatoms. The smallest absolute Gasteiger partial charge is 0.345 e. The average molecular weight is 309 g/mol. The zero-order valence-corrected chi connectivity index (χ0v) is 14.3. The lowest BCUT2D eigenvalue weighted by Gasteiger charge is -2.15. The van der Waals surface area contributed by atoms with Crippen molar-refractivity contribution in [1.29, 1.82) is 0 Å². The quantitative estimate of drug-likeness (QED) is 0.400. The molecule has 0 aromatic rings. The van der Waals surface area contributed by atoms with E-state index in [0.29, 0.717) is 0 Å². The molecule has 0 saturated carbocycles. The summed E-state index contributed by atoms with van der Waals surface area (Å²) in [6.45, 7) is 10.8. The Morgan fingerprint density at radius 3 is 1.12 bits per heavy atom. The van der Waals surface area contributed by atoms with Crippen LogP contribution in [0.2, 0.25) is 39.3 Å². The highest BCUT2D eigenvalue weighted by molar-refractivity contribution is 7.96. The first-order valence-electron chi connectivity index (χ1n) is 4.61. The van der Waals surface area contributed by atoms with Crippen LogP contribution < -0.4 is 0 Å². The van der Waals surface area contributed by atoms with Gasteiger partial charge < -0.3 is 14.0 Å². The fraction of sp³-hybridized carbons (Fsp3) is 1.00. The molecule has 0 amide bonds. The average Bonchev–Trinajstić information content (AvgIpc) is 1.74. The minimum absolute atomic E-state index is 1.69. The van der Waals surface area contributed by atoms with Crippen molar-refractivity contribution in [3.05, 3.63) is 0 Å². The van der Waals surface area contributed by atoms with Gasteiger partial charge in [0.1, 0.15) is 0 Å². The molecule has 100 valence electrons. The molecule has 0 aromatic carbocycles. The van der Waals surface area contributed by atoms with E-state index in [1.165, 1.54) is 0 Å². The lowest BCUT2D eigenvalue weighted by Crippen LogP contribution is -2.24. The molecule has 6 nitrogen and oxygen atoms in total. The summed E-state index contributed by atoms with van der Waals surface area (Å²) in [4.78, 5) is 42.6. The summed E-state index contributed by atoms with van der Waals surface area (Å²) in [5.41, 5.74) is 0. The van der Waals surface area contributed by atoms with Crippen LogP contribution in [0.4, 0.5) is 0 Å². The fourth-order valence-electron chi connectivity index (χ4n) is 0.245. The van der Waals surface area contributed by atoms with Crippen LogP contribution in [0.15, 0.2) is 0 Å². The Hall–Kier alpha value is 1.05. The van der Waals surface area contributed by atoms with Crippen LogP contribution >= 0.6 is 16.1 Å². The molecule has 0 atom stereocenters. The van der Waals surface area contributed by atoms with Gasteiger partial charge in [0.2, 0.25) is 0 Å². The molecule has 16 heavy (non-hydrogen) atoms. The Morgan fingerprint density at radius 1 is 0.875 bits per heavy atom. The van der Waals surface area contributed by atoms with E-state index in [0.717, 1.165) is 0 Å². The van der Waals surface area contributed by atoms with Gasteiger partial charge in [-0.25, -0.2) is 14.7 Å². The number of hydrogen-bond donors (Lipinski definition) is 5. The van der Waals surface area contributed by atoms with E-state index < -0.39 is 32.2 Å². The Kier molecular flexibility index (Phi) is 8.30. The Morgan fingerprint density at radius 2 is 1.12 bits per heavy atom. The first kappa shape index (κ1) is 19.4. The molecule has 0 unspecified atom stereocenters. The van der Waals surface area contributed by atoms with Crippen LogP contribution in [-0.4, -0.2) is 40.5 Å². The highest BCUT2D eigenvalue weighted by Gasteiger charge is 2.49. The highest BCUT2D eigenvalue weighted by Crippen LogP contribution is 2.54. The molecule has 0 aromatic heterocycles. The molecular weight excluding hydrogens is 286 g/mol. The van der Waals surface area contributed by atoms with Gasteiger partial charge in [0, 0.05) is 0 Å². The van der Waals surface area contributed by atoms with Gasteiger partial charge in [-0.2, -0.15) is 0 Å². The van der Waals surface area contributed by atoms with Crippen molar-refractivity contribution in [2.45, 2.75) is 39.3 Å². The third-order valence-electron chi connectivity index (χ3n) is 1.26.